The van der Waals surface area contributed by atoms with Crippen LogP contribution in [-0.2, 0) is 12.8 Å². The van der Waals surface area contributed by atoms with Crippen LogP contribution < -0.4 is 4.74 Å². The van der Waals surface area contributed by atoms with Crippen LogP contribution in [0.3, 0.4) is 0 Å². The average molecular weight is 379 g/mol. The molecule has 0 unspecified atom stereocenters. The van der Waals surface area contributed by atoms with Crippen molar-refractivity contribution in [2.24, 2.45) is 5.92 Å². The summed E-state index contributed by atoms with van der Waals surface area (Å²) in [6, 6.07) is 18.0. The highest BCUT2D eigenvalue weighted by atomic mass is 16.5. The lowest BCUT2D eigenvalue weighted by Crippen LogP contribution is -2.13. The van der Waals surface area contributed by atoms with Gasteiger partial charge in [-0.3, -0.25) is 0 Å². The molecule has 1 fully saturated rings. The van der Waals surface area contributed by atoms with Gasteiger partial charge in [0.05, 0.1) is 7.11 Å². The Morgan fingerprint density at radius 1 is 0.750 bits per heavy atom. The third-order valence-electron chi connectivity index (χ3n) is 6.63. The van der Waals surface area contributed by atoms with Gasteiger partial charge in [-0.05, 0) is 79.2 Å². The highest BCUT2D eigenvalue weighted by molar-refractivity contribution is 5.29. The minimum atomic E-state index is 0.794. The number of hydrogen-bond donors (Lipinski definition) is 0. The molecule has 0 atom stereocenters. The summed E-state index contributed by atoms with van der Waals surface area (Å²) >= 11 is 0. The Kier molecular flexibility index (Phi) is 8.45. The molecule has 2 aromatic rings. The van der Waals surface area contributed by atoms with Crippen LogP contribution in [-0.4, -0.2) is 7.11 Å². The minimum absolute atomic E-state index is 0.794. The second-order valence-corrected chi connectivity index (χ2v) is 8.66. The van der Waals surface area contributed by atoms with Crippen molar-refractivity contribution in [2.45, 2.75) is 83.5 Å². The second kappa shape index (κ2) is 11.3. The first-order valence-corrected chi connectivity index (χ1v) is 11.5. The molecule has 0 aromatic heterocycles. The van der Waals surface area contributed by atoms with Gasteiger partial charge in [-0.1, -0.05) is 75.4 Å². The standard InChI is InChI=1S/C27H38O/c1-3-4-5-6-7-22-10-16-25(17-11-22)26-18-12-23(13-19-26)8-9-24-14-20-27(28-2)21-15-24/h12-15,18-22,25H,3-11,16-17H2,1-2H3. The quantitative estimate of drug-likeness (QED) is 0.384. The van der Waals surface area contributed by atoms with Crippen molar-refractivity contribution in [3.8, 4) is 5.75 Å². The summed E-state index contributed by atoms with van der Waals surface area (Å²) in [7, 11) is 1.72. The monoisotopic (exact) mass is 378 g/mol. The van der Waals surface area contributed by atoms with Gasteiger partial charge >= 0.3 is 0 Å². The summed E-state index contributed by atoms with van der Waals surface area (Å²) in [4.78, 5) is 0. The Hall–Kier alpha value is -1.76. The Bertz CT molecular complexity index is 662. The SMILES string of the molecule is CCCCCCC1CCC(c2ccc(CCc3ccc(OC)cc3)cc2)CC1. The molecule has 0 radical (unpaired) electrons. The summed E-state index contributed by atoms with van der Waals surface area (Å²) < 4.78 is 5.24. The zero-order chi connectivity index (χ0) is 19.6. The molecular weight excluding hydrogens is 340 g/mol. The van der Waals surface area contributed by atoms with E-state index in [1.54, 1.807) is 12.7 Å². The maximum absolute atomic E-state index is 5.24. The van der Waals surface area contributed by atoms with Gasteiger partial charge in [0.25, 0.3) is 0 Å². The smallest absolute Gasteiger partial charge is 0.118 e. The summed E-state index contributed by atoms with van der Waals surface area (Å²) in [5.74, 6) is 2.73. The van der Waals surface area contributed by atoms with Crippen molar-refractivity contribution in [1.29, 1.82) is 0 Å². The van der Waals surface area contributed by atoms with E-state index in [2.05, 4.69) is 55.5 Å². The Morgan fingerprint density at radius 3 is 1.93 bits per heavy atom. The van der Waals surface area contributed by atoms with Gasteiger partial charge < -0.3 is 4.74 Å². The van der Waals surface area contributed by atoms with E-state index in [1.807, 2.05) is 0 Å². The fourth-order valence-electron chi connectivity index (χ4n) is 4.68. The van der Waals surface area contributed by atoms with Crippen LogP contribution in [0, 0.1) is 5.92 Å². The number of rotatable bonds is 10. The van der Waals surface area contributed by atoms with Crippen molar-refractivity contribution >= 4 is 0 Å². The maximum Gasteiger partial charge on any atom is 0.118 e. The van der Waals surface area contributed by atoms with Crippen molar-refractivity contribution in [1.82, 2.24) is 0 Å². The third kappa shape index (κ3) is 6.40. The van der Waals surface area contributed by atoms with Crippen LogP contribution in [0.2, 0.25) is 0 Å². The summed E-state index contributed by atoms with van der Waals surface area (Å²) in [6.45, 7) is 2.30. The van der Waals surface area contributed by atoms with E-state index in [0.29, 0.717) is 0 Å². The fraction of sp³-hybridized carbons (Fsp3) is 0.556. The number of aryl methyl sites for hydroxylation is 2. The fourth-order valence-corrected chi connectivity index (χ4v) is 4.68. The highest BCUT2D eigenvalue weighted by Crippen LogP contribution is 2.37. The third-order valence-corrected chi connectivity index (χ3v) is 6.63. The highest BCUT2D eigenvalue weighted by Gasteiger charge is 2.21. The summed E-state index contributed by atoms with van der Waals surface area (Å²) in [6.07, 6.45) is 15.0. The lowest BCUT2D eigenvalue weighted by molar-refractivity contribution is 0.302. The lowest BCUT2D eigenvalue weighted by Gasteiger charge is -2.29. The van der Waals surface area contributed by atoms with Gasteiger partial charge in [-0.15, -0.1) is 0 Å². The second-order valence-electron chi connectivity index (χ2n) is 8.66. The predicted molar refractivity (Wildman–Crippen MR) is 120 cm³/mol. The molecular formula is C27H38O. The molecule has 0 N–H and O–H groups in total. The number of unbranched alkanes of at least 4 members (excludes halogenated alkanes) is 3. The molecule has 0 heterocycles. The molecule has 2 aromatic carbocycles. The molecule has 1 nitrogen and oxygen atoms in total. The van der Waals surface area contributed by atoms with Gasteiger partial charge in [-0.25, -0.2) is 0 Å². The van der Waals surface area contributed by atoms with E-state index in [4.69, 9.17) is 4.74 Å². The first-order chi connectivity index (χ1) is 13.8. The molecule has 0 saturated heterocycles. The molecule has 1 heteroatoms. The van der Waals surface area contributed by atoms with Gasteiger partial charge in [0.15, 0.2) is 0 Å². The van der Waals surface area contributed by atoms with E-state index in [9.17, 15) is 0 Å². The van der Waals surface area contributed by atoms with Crippen LogP contribution in [0.5, 0.6) is 5.75 Å². The van der Waals surface area contributed by atoms with Gasteiger partial charge in [0.1, 0.15) is 5.75 Å². The van der Waals surface area contributed by atoms with E-state index in [-0.39, 0.29) is 0 Å². The van der Waals surface area contributed by atoms with Gasteiger partial charge in [-0.2, -0.15) is 0 Å². The Labute approximate surface area is 172 Å². The van der Waals surface area contributed by atoms with E-state index < -0.39 is 0 Å². The summed E-state index contributed by atoms with van der Waals surface area (Å²) in [5, 5.41) is 0. The zero-order valence-corrected chi connectivity index (χ0v) is 18.0. The molecule has 28 heavy (non-hydrogen) atoms. The molecule has 3 rings (SSSR count). The van der Waals surface area contributed by atoms with Crippen LogP contribution in [0.1, 0.15) is 87.3 Å². The van der Waals surface area contributed by atoms with Crippen LogP contribution in [0.4, 0.5) is 0 Å². The first kappa shape index (κ1) is 21.0. The van der Waals surface area contributed by atoms with Gasteiger partial charge in [0.2, 0.25) is 0 Å². The number of hydrogen-bond acceptors (Lipinski definition) is 1. The van der Waals surface area contributed by atoms with Gasteiger partial charge in [0, 0.05) is 0 Å². The van der Waals surface area contributed by atoms with Crippen molar-refractivity contribution in [3.05, 3.63) is 65.2 Å². The molecule has 0 amide bonds. The molecule has 0 bridgehead atoms. The molecule has 152 valence electrons. The molecule has 0 aliphatic heterocycles. The number of benzene rings is 2. The summed E-state index contributed by atoms with van der Waals surface area (Å²) in [5.41, 5.74) is 4.39. The topological polar surface area (TPSA) is 9.23 Å². The van der Waals surface area contributed by atoms with Crippen molar-refractivity contribution in [2.75, 3.05) is 7.11 Å². The van der Waals surface area contributed by atoms with Crippen LogP contribution in [0.25, 0.3) is 0 Å². The van der Waals surface area contributed by atoms with Crippen molar-refractivity contribution in [3.63, 3.8) is 0 Å². The molecule has 1 aliphatic carbocycles. The number of ether oxygens (including phenoxy) is 1. The van der Waals surface area contributed by atoms with Crippen LogP contribution in [0.15, 0.2) is 48.5 Å². The average Bonchev–Trinajstić information content (AvgIpc) is 2.76. The van der Waals surface area contributed by atoms with E-state index >= 15 is 0 Å². The molecule has 1 aliphatic rings. The lowest BCUT2D eigenvalue weighted by atomic mass is 9.77. The zero-order valence-electron chi connectivity index (χ0n) is 18.0. The minimum Gasteiger partial charge on any atom is -0.497 e. The number of methoxy groups -OCH3 is 1. The van der Waals surface area contributed by atoms with Crippen LogP contribution >= 0.6 is 0 Å². The molecule has 1 saturated carbocycles. The van der Waals surface area contributed by atoms with E-state index in [1.165, 1.54) is 68.9 Å². The first-order valence-electron chi connectivity index (χ1n) is 11.5. The van der Waals surface area contributed by atoms with E-state index in [0.717, 1.165) is 30.4 Å². The maximum atomic E-state index is 5.24. The van der Waals surface area contributed by atoms with Crippen molar-refractivity contribution < 1.29 is 4.74 Å². The normalized spacial score (nSPS) is 19.5. The largest absolute Gasteiger partial charge is 0.497 e. The molecule has 0 spiro atoms. The Balaban J connectivity index is 1.41. The Morgan fingerprint density at radius 2 is 1.36 bits per heavy atom. The predicted octanol–water partition coefficient (Wildman–Crippen LogP) is 7.72.